The van der Waals surface area contributed by atoms with E-state index in [-0.39, 0.29) is 0 Å². The van der Waals surface area contributed by atoms with Gasteiger partial charge >= 0.3 is 0 Å². The van der Waals surface area contributed by atoms with Crippen molar-refractivity contribution in [2.45, 2.75) is 66.8 Å². The van der Waals surface area contributed by atoms with Gasteiger partial charge in [0.1, 0.15) is 0 Å². The number of benzene rings is 1. The quantitative estimate of drug-likeness (QED) is 0.277. The molecule has 1 fully saturated rings. The van der Waals surface area contributed by atoms with Crippen LogP contribution in [0.25, 0.3) is 22.5 Å². The molecule has 0 spiro atoms. The van der Waals surface area contributed by atoms with Gasteiger partial charge in [0.15, 0.2) is 0 Å². The number of rotatable bonds is 5. The van der Waals surface area contributed by atoms with Crippen molar-refractivity contribution in [3.05, 3.63) is 82.9 Å². The van der Waals surface area contributed by atoms with Gasteiger partial charge in [0, 0.05) is 55.5 Å². The van der Waals surface area contributed by atoms with E-state index in [0.29, 0.717) is 5.41 Å². The van der Waals surface area contributed by atoms with Crippen LogP contribution in [0.2, 0.25) is 0 Å². The number of pyridine rings is 2. The number of hydrogen-bond acceptors (Lipinski definition) is 6. The van der Waals surface area contributed by atoms with Crippen molar-refractivity contribution >= 4 is 11.6 Å². The van der Waals surface area contributed by atoms with E-state index in [2.05, 4.69) is 72.6 Å². The molecule has 0 atom stereocenters. The van der Waals surface area contributed by atoms with Gasteiger partial charge in [-0.2, -0.15) is 0 Å². The maximum absolute atomic E-state index is 5.05. The van der Waals surface area contributed by atoms with E-state index in [4.69, 9.17) is 9.97 Å². The molecule has 40 heavy (non-hydrogen) atoms. The number of aryl methyl sites for hydroxylation is 2. The van der Waals surface area contributed by atoms with Crippen LogP contribution in [0.3, 0.4) is 0 Å². The second-order valence-electron chi connectivity index (χ2n) is 12.1. The van der Waals surface area contributed by atoms with Gasteiger partial charge in [-0.05, 0) is 85.4 Å². The first kappa shape index (κ1) is 26.4. The van der Waals surface area contributed by atoms with Crippen LogP contribution in [0.5, 0.6) is 0 Å². The standard InChI is InChI=1S/C34H40N6/c1-6-28-23(2)37-24(3)31(32(28)39-19-14-34(4,5)15-20-39)26-10-11-27-22-40(18-13-25(27)21-26)33-36-17-12-30(38-33)29-9-7-8-16-35-29/h7-12,16-17,21H,6,13-15,18-20,22H2,1-5H3. The highest BCUT2D eigenvalue weighted by atomic mass is 15.3. The zero-order chi connectivity index (χ0) is 27.9. The summed E-state index contributed by atoms with van der Waals surface area (Å²) in [5, 5.41) is 0. The average molecular weight is 533 g/mol. The molecule has 4 aromatic rings. The van der Waals surface area contributed by atoms with Gasteiger partial charge in [0.2, 0.25) is 5.95 Å². The number of aromatic nitrogens is 4. The Kier molecular flexibility index (Phi) is 7.03. The van der Waals surface area contributed by atoms with E-state index in [0.717, 1.165) is 62.1 Å². The molecule has 6 heteroatoms. The third-order valence-electron chi connectivity index (χ3n) is 8.80. The third-order valence-corrected chi connectivity index (χ3v) is 8.80. The minimum absolute atomic E-state index is 0.415. The Balaban J connectivity index is 1.32. The van der Waals surface area contributed by atoms with E-state index in [1.165, 1.54) is 52.0 Å². The predicted octanol–water partition coefficient (Wildman–Crippen LogP) is 6.97. The highest BCUT2D eigenvalue weighted by molar-refractivity contribution is 5.84. The second-order valence-corrected chi connectivity index (χ2v) is 12.1. The van der Waals surface area contributed by atoms with Crippen molar-refractivity contribution in [2.75, 3.05) is 29.4 Å². The Labute approximate surface area is 238 Å². The van der Waals surface area contributed by atoms with Gasteiger partial charge in [0.25, 0.3) is 0 Å². The van der Waals surface area contributed by atoms with E-state index in [1.807, 2.05) is 30.5 Å². The molecule has 0 saturated carbocycles. The monoisotopic (exact) mass is 532 g/mol. The van der Waals surface area contributed by atoms with E-state index in [1.54, 1.807) is 6.20 Å². The Bertz CT molecular complexity index is 1520. The minimum Gasteiger partial charge on any atom is -0.371 e. The lowest BCUT2D eigenvalue weighted by Crippen LogP contribution is -2.38. The Morgan fingerprint density at radius 2 is 1.62 bits per heavy atom. The molecule has 0 unspecified atom stereocenters. The summed E-state index contributed by atoms with van der Waals surface area (Å²) in [6, 6.07) is 14.9. The van der Waals surface area contributed by atoms with Gasteiger partial charge in [-0.15, -0.1) is 0 Å². The van der Waals surface area contributed by atoms with Gasteiger partial charge in [-0.25, -0.2) is 9.97 Å². The van der Waals surface area contributed by atoms with Crippen LogP contribution in [-0.4, -0.2) is 39.6 Å². The third kappa shape index (κ3) is 5.07. The van der Waals surface area contributed by atoms with Crippen LogP contribution in [0.1, 0.15) is 61.7 Å². The SMILES string of the molecule is CCc1c(C)nc(C)c(-c2ccc3c(c2)CCN(c2nccc(-c4ccccn4)n2)C3)c1N1CCC(C)(C)CC1. The second kappa shape index (κ2) is 10.6. The summed E-state index contributed by atoms with van der Waals surface area (Å²) in [6.07, 6.45) is 8.05. The molecule has 2 aliphatic rings. The predicted molar refractivity (Wildman–Crippen MR) is 164 cm³/mol. The molecule has 6 nitrogen and oxygen atoms in total. The van der Waals surface area contributed by atoms with Crippen molar-refractivity contribution in [3.63, 3.8) is 0 Å². The lowest BCUT2D eigenvalue weighted by molar-refractivity contribution is 0.279. The van der Waals surface area contributed by atoms with Crippen molar-refractivity contribution in [3.8, 4) is 22.5 Å². The van der Waals surface area contributed by atoms with Gasteiger partial charge in [0.05, 0.1) is 17.1 Å². The van der Waals surface area contributed by atoms with Gasteiger partial charge in [-0.1, -0.05) is 45.0 Å². The molecule has 6 rings (SSSR count). The lowest BCUT2D eigenvalue weighted by Gasteiger charge is -2.40. The normalized spacial score (nSPS) is 16.6. The maximum Gasteiger partial charge on any atom is 0.226 e. The number of anilines is 2. The Hall–Kier alpha value is -3.80. The first-order chi connectivity index (χ1) is 19.3. The number of hydrogen-bond donors (Lipinski definition) is 0. The summed E-state index contributed by atoms with van der Waals surface area (Å²) in [5.41, 5.74) is 12.6. The van der Waals surface area contributed by atoms with Crippen molar-refractivity contribution in [1.82, 2.24) is 19.9 Å². The first-order valence-electron chi connectivity index (χ1n) is 14.7. The molecule has 0 aliphatic carbocycles. The van der Waals surface area contributed by atoms with Gasteiger partial charge in [-0.3, -0.25) is 9.97 Å². The Morgan fingerprint density at radius 1 is 0.800 bits per heavy atom. The minimum atomic E-state index is 0.415. The fourth-order valence-corrected chi connectivity index (χ4v) is 6.36. The molecule has 206 valence electrons. The molecule has 5 heterocycles. The molecule has 0 amide bonds. The first-order valence-corrected chi connectivity index (χ1v) is 14.7. The Morgan fingerprint density at radius 3 is 2.38 bits per heavy atom. The highest BCUT2D eigenvalue weighted by Crippen LogP contribution is 2.42. The van der Waals surface area contributed by atoms with Crippen molar-refractivity contribution in [1.29, 1.82) is 0 Å². The van der Waals surface area contributed by atoms with E-state index >= 15 is 0 Å². The van der Waals surface area contributed by atoms with E-state index in [9.17, 15) is 0 Å². The molecule has 0 radical (unpaired) electrons. The molecule has 3 aromatic heterocycles. The largest absolute Gasteiger partial charge is 0.371 e. The zero-order valence-corrected chi connectivity index (χ0v) is 24.5. The van der Waals surface area contributed by atoms with Crippen LogP contribution in [0.4, 0.5) is 11.6 Å². The average Bonchev–Trinajstić information content (AvgIpc) is 2.97. The van der Waals surface area contributed by atoms with Crippen LogP contribution < -0.4 is 9.80 Å². The van der Waals surface area contributed by atoms with Gasteiger partial charge < -0.3 is 9.80 Å². The van der Waals surface area contributed by atoms with Crippen LogP contribution in [0, 0.1) is 19.3 Å². The van der Waals surface area contributed by atoms with E-state index < -0.39 is 0 Å². The number of fused-ring (bicyclic) bond motifs is 1. The molecule has 0 bridgehead atoms. The molecule has 1 aromatic carbocycles. The molecule has 0 N–H and O–H groups in total. The highest BCUT2D eigenvalue weighted by Gasteiger charge is 2.30. The topological polar surface area (TPSA) is 58.0 Å². The summed E-state index contributed by atoms with van der Waals surface area (Å²) in [5.74, 6) is 0.763. The summed E-state index contributed by atoms with van der Waals surface area (Å²) in [7, 11) is 0. The summed E-state index contributed by atoms with van der Waals surface area (Å²) >= 11 is 0. The molecule has 2 aliphatic heterocycles. The van der Waals surface area contributed by atoms with Crippen LogP contribution in [-0.2, 0) is 19.4 Å². The summed E-state index contributed by atoms with van der Waals surface area (Å²) < 4.78 is 0. The maximum atomic E-state index is 5.05. The van der Waals surface area contributed by atoms with Crippen molar-refractivity contribution < 1.29 is 0 Å². The molecule has 1 saturated heterocycles. The number of nitrogens with zero attached hydrogens (tertiary/aromatic N) is 6. The van der Waals surface area contributed by atoms with Crippen LogP contribution in [0.15, 0.2) is 54.9 Å². The summed E-state index contributed by atoms with van der Waals surface area (Å²) in [4.78, 5) is 23.9. The summed E-state index contributed by atoms with van der Waals surface area (Å²) in [6.45, 7) is 15.4. The fraction of sp³-hybridized carbons (Fsp3) is 0.412. The fourth-order valence-electron chi connectivity index (χ4n) is 6.36. The van der Waals surface area contributed by atoms with Crippen molar-refractivity contribution in [2.24, 2.45) is 5.41 Å². The molecular weight excluding hydrogens is 492 g/mol. The molecular formula is C34H40N6. The lowest BCUT2D eigenvalue weighted by atomic mass is 9.82. The van der Waals surface area contributed by atoms with Crippen LogP contribution >= 0.6 is 0 Å². The smallest absolute Gasteiger partial charge is 0.226 e. The number of piperidine rings is 1. The zero-order valence-electron chi connectivity index (χ0n) is 24.5.